The van der Waals surface area contributed by atoms with Gasteiger partial charge in [0.05, 0.1) is 29.9 Å². The van der Waals surface area contributed by atoms with Gasteiger partial charge in [0.25, 0.3) is 11.8 Å². The molecule has 12 heteroatoms. The summed E-state index contributed by atoms with van der Waals surface area (Å²) in [7, 11) is 1.45. The average molecular weight is 645 g/mol. The number of fused-ring (bicyclic) bond motifs is 1. The first-order valence-electron chi connectivity index (χ1n) is 14.4. The smallest absolute Gasteiger partial charge is 0.255 e. The number of furan rings is 1. The fraction of sp³-hybridized carbons (Fsp3) is 0.176. The van der Waals surface area contributed by atoms with Crippen molar-refractivity contribution in [2.75, 3.05) is 24.5 Å². The van der Waals surface area contributed by atoms with Crippen LogP contribution in [0.1, 0.15) is 39.1 Å². The molecule has 4 aromatic carbocycles. The summed E-state index contributed by atoms with van der Waals surface area (Å²) < 4.78 is 59.0. The number of aliphatic hydroxyl groups is 1. The van der Waals surface area contributed by atoms with E-state index in [1.54, 1.807) is 42.5 Å². The third kappa shape index (κ3) is 5.89. The Kier molecular flexibility index (Phi) is 8.43. The number of hydrogen-bond donors (Lipinski definition) is 3. The van der Waals surface area contributed by atoms with Gasteiger partial charge in [0.1, 0.15) is 23.0 Å². The van der Waals surface area contributed by atoms with E-state index in [9.17, 15) is 32.2 Å². The lowest BCUT2D eigenvalue weighted by Crippen LogP contribution is -2.34. The summed E-state index contributed by atoms with van der Waals surface area (Å²) in [5.74, 6) is -1.56. The highest BCUT2D eigenvalue weighted by Crippen LogP contribution is 2.46. The summed E-state index contributed by atoms with van der Waals surface area (Å²) in [6.07, 6.45) is 1.38. The molecule has 3 N–H and O–H groups in total. The molecule has 1 aliphatic carbocycles. The highest BCUT2D eigenvalue weighted by atomic mass is 32.2. The lowest BCUT2D eigenvalue weighted by atomic mass is 9.96. The number of anilines is 1. The minimum atomic E-state index is -2.82. The third-order valence-electron chi connectivity index (χ3n) is 8.05. The number of nitrogens with zero attached hydrogens (tertiary/aromatic N) is 1. The number of benzene rings is 4. The van der Waals surface area contributed by atoms with Gasteiger partial charge in [-0.15, -0.1) is 0 Å². The summed E-state index contributed by atoms with van der Waals surface area (Å²) in [5.41, 5.74) is 2.16. The minimum absolute atomic E-state index is 0.139. The topological polar surface area (TPSA) is 135 Å². The molecule has 2 amide bonds. The van der Waals surface area contributed by atoms with Gasteiger partial charge in [-0.25, -0.2) is 8.78 Å². The molecule has 1 atom stereocenters. The van der Waals surface area contributed by atoms with E-state index in [4.69, 9.17) is 4.42 Å². The predicted octanol–water partition coefficient (Wildman–Crippen LogP) is 5.42. The summed E-state index contributed by atoms with van der Waals surface area (Å²) >= 11 is -2.82. The van der Waals surface area contributed by atoms with Crippen LogP contribution in [0.25, 0.3) is 33.4 Å². The van der Waals surface area contributed by atoms with Crippen molar-refractivity contribution in [2.24, 2.45) is 0 Å². The fourth-order valence-electron chi connectivity index (χ4n) is 5.59. The molecule has 46 heavy (non-hydrogen) atoms. The Morgan fingerprint density at radius 3 is 2.24 bits per heavy atom. The van der Waals surface area contributed by atoms with Crippen LogP contribution in [-0.4, -0.2) is 45.9 Å². The molecule has 0 saturated heterocycles. The first kappa shape index (κ1) is 31.1. The number of carbonyl (C=O) groups excluding carboxylic acids is 2. The number of amides is 2. The van der Waals surface area contributed by atoms with E-state index >= 15 is 0 Å². The fourth-order valence-corrected chi connectivity index (χ4v) is 6.13. The van der Waals surface area contributed by atoms with Crippen molar-refractivity contribution < 1.29 is 36.7 Å². The largest absolute Gasteiger partial charge is 0.755 e. The van der Waals surface area contributed by atoms with Gasteiger partial charge < -0.3 is 24.7 Å². The van der Waals surface area contributed by atoms with E-state index in [1.807, 2.05) is 0 Å². The molecule has 9 nitrogen and oxygen atoms in total. The molecule has 5 aromatic rings. The second-order valence-electron chi connectivity index (χ2n) is 10.9. The van der Waals surface area contributed by atoms with Crippen molar-refractivity contribution in [3.05, 3.63) is 113 Å². The number of nitrogens with one attached hydrogen (secondary N) is 2. The lowest BCUT2D eigenvalue weighted by molar-refractivity contribution is 0.0929. The van der Waals surface area contributed by atoms with Gasteiger partial charge >= 0.3 is 0 Å². The summed E-state index contributed by atoms with van der Waals surface area (Å²) in [5, 5.41) is 15.7. The first-order chi connectivity index (χ1) is 22.1. The molecule has 0 spiro atoms. The number of rotatable bonds is 10. The Hall–Kier alpha value is -4.91. The van der Waals surface area contributed by atoms with Crippen molar-refractivity contribution in [1.29, 1.82) is 0 Å². The van der Waals surface area contributed by atoms with Gasteiger partial charge in [0.2, 0.25) is 0 Å². The summed E-state index contributed by atoms with van der Waals surface area (Å²) in [6.45, 7) is -0.759. The molecule has 1 aromatic heterocycles. The molecule has 236 valence electrons. The summed E-state index contributed by atoms with van der Waals surface area (Å²) in [6, 6.07) is 21.0. The monoisotopic (exact) mass is 644 g/mol. The highest BCUT2D eigenvalue weighted by molar-refractivity contribution is 7.80. The maximum absolute atomic E-state index is 13.7. The maximum atomic E-state index is 13.7. The number of hydrogen-bond acceptors (Lipinski definition) is 6. The van der Waals surface area contributed by atoms with Crippen molar-refractivity contribution in [3.8, 4) is 22.5 Å². The normalized spacial score (nSPS) is 14.1. The highest BCUT2D eigenvalue weighted by Gasteiger charge is 2.45. The van der Waals surface area contributed by atoms with Gasteiger partial charge in [0.15, 0.2) is 0 Å². The van der Waals surface area contributed by atoms with Gasteiger partial charge in [-0.05, 0) is 78.6 Å². The molecular formula is C34H28F2N3O6S-. The van der Waals surface area contributed by atoms with Crippen LogP contribution < -0.4 is 14.9 Å². The molecule has 1 aliphatic rings. The quantitative estimate of drug-likeness (QED) is 0.174. The van der Waals surface area contributed by atoms with Crippen LogP contribution in [0.4, 0.5) is 14.5 Å². The molecule has 0 aliphatic heterocycles. The van der Waals surface area contributed by atoms with Crippen LogP contribution >= 0.6 is 0 Å². The standard InChI is InChI=1S/C34H29F2N3O6S/c1-37-33(42)30-27-18-26(21-3-2-4-22(17-21)32(41)38-34(13-14-34)23-7-11-25(36)12-8-23)28(39(15-16-40)46(43)44)19-29(27)45-31(30)20-5-9-24(35)10-6-20/h2-12,17-19,40H,13-16H2,1H3,(H,37,42)(H,38,41)(H,43,44)/p-1. The van der Waals surface area contributed by atoms with Gasteiger partial charge in [-0.2, -0.15) is 0 Å². The second kappa shape index (κ2) is 12.5. The van der Waals surface area contributed by atoms with E-state index < -0.39 is 35.1 Å². The Morgan fingerprint density at radius 2 is 1.63 bits per heavy atom. The van der Waals surface area contributed by atoms with Gasteiger partial charge in [-0.1, -0.05) is 24.3 Å². The Bertz CT molecular complexity index is 1970. The molecule has 0 bridgehead atoms. The molecule has 6 rings (SSSR count). The van der Waals surface area contributed by atoms with Crippen LogP contribution in [0, 0.1) is 11.6 Å². The number of carbonyl (C=O) groups is 2. The van der Waals surface area contributed by atoms with Crippen molar-refractivity contribution in [2.45, 2.75) is 18.4 Å². The third-order valence-corrected chi connectivity index (χ3v) is 8.79. The van der Waals surface area contributed by atoms with E-state index in [0.29, 0.717) is 40.5 Å². The Balaban J connectivity index is 1.48. The van der Waals surface area contributed by atoms with Gasteiger partial charge in [0, 0.05) is 46.5 Å². The van der Waals surface area contributed by atoms with E-state index in [-0.39, 0.29) is 40.9 Å². The predicted molar refractivity (Wildman–Crippen MR) is 169 cm³/mol. The van der Waals surface area contributed by atoms with E-state index in [1.165, 1.54) is 49.5 Å². The summed E-state index contributed by atoms with van der Waals surface area (Å²) in [4.78, 5) is 26.7. The molecule has 1 unspecified atom stereocenters. The zero-order valence-electron chi connectivity index (χ0n) is 24.5. The Labute approximate surface area is 265 Å². The molecule has 1 fully saturated rings. The van der Waals surface area contributed by atoms with E-state index in [2.05, 4.69) is 10.6 Å². The Morgan fingerprint density at radius 1 is 0.957 bits per heavy atom. The molecule has 0 radical (unpaired) electrons. The van der Waals surface area contributed by atoms with Crippen LogP contribution in [-0.2, 0) is 16.8 Å². The first-order valence-corrected chi connectivity index (χ1v) is 15.4. The van der Waals surface area contributed by atoms with Crippen molar-refractivity contribution >= 4 is 39.7 Å². The molecular weight excluding hydrogens is 616 g/mol. The van der Waals surface area contributed by atoms with E-state index in [0.717, 1.165) is 9.87 Å². The maximum Gasteiger partial charge on any atom is 0.255 e. The number of halogens is 2. The average Bonchev–Trinajstić information content (AvgIpc) is 3.74. The minimum Gasteiger partial charge on any atom is -0.755 e. The van der Waals surface area contributed by atoms with Crippen LogP contribution in [0.3, 0.4) is 0 Å². The molecule has 1 heterocycles. The van der Waals surface area contributed by atoms with Crippen molar-refractivity contribution in [1.82, 2.24) is 10.6 Å². The van der Waals surface area contributed by atoms with Gasteiger partial charge in [-0.3, -0.25) is 18.1 Å². The number of aliphatic hydroxyl groups excluding tert-OH is 1. The van der Waals surface area contributed by atoms with Crippen LogP contribution in [0.5, 0.6) is 0 Å². The SMILES string of the molecule is CNC(=O)c1c(-c2ccc(F)cc2)oc2cc(N(CCO)S(=O)[O-])c(-c3cccc(C(=O)NC4(c5ccc(F)cc5)CC4)c3)cc12. The second-order valence-corrected chi connectivity index (χ2v) is 11.8. The zero-order valence-corrected chi connectivity index (χ0v) is 25.3. The van der Waals surface area contributed by atoms with Crippen LogP contribution in [0.2, 0.25) is 0 Å². The lowest BCUT2D eigenvalue weighted by Gasteiger charge is -2.28. The van der Waals surface area contributed by atoms with Crippen molar-refractivity contribution in [3.63, 3.8) is 0 Å². The zero-order chi connectivity index (χ0) is 32.6. The van der Waals surface area contributed by atoms with Crippen LogP contribution in [0.15, 0.2) is 89.3 Å². The molecule has 1 saturated carbocycles.